The molecule has 0 fully saturated rings. The topological polar surface area (TPSA) is 76.0 Å². The zero-order valence-corrected chi connectivity index (χ0v) is 15.1. The molecule has 0 unspecified atom stereocenters. The van der Waals surface area contributed by atoms with Crippen molar-refractivity contribution in [2.45, 2.75) is 46.2 Å². The number of amides is 2. The molecule has 0 aliphatic carbocycles. The van der Waals surface area contributed by atoms with Crippen LogP contribution in [0.1, 0.15) is 43.7 Å². The summed E-state index contributed by atoms with van der Waals surface area (Å²) in [5.74, 6) is -0.989. The minimum absolute atomic E-state index is 0.260. The number of nitrogens with one attached hydrogen (secondary N) is 2. The van der Waals surface area contributed by atoms with Crippen LogP contribution in [-0.4, -0.2) is 33.2 Å². The molecule has 0 bridgehead atoms. The fourth-order valence-electron chi connectivity index (χ4n) is 2.29. The van der Waals surface area contributed by atoms with Gasteiger partial charge < -0.3 is 10.6 Å². The van der Waals surface area contributed by atoms with E-state index in [9.17, 15) is 14.0 Å². The van der Waals surface area contributed by atoms with Gasteiger partial charge in [0, 0.05) is 5.54 Å². The number of aromatic nitrogens is 2. The minimum Gasteiger partial charge on any atom is -0.350 e. The van der Waals surface area contributed by atoms with Crippen molar-refractivity contribution in [3.05, 3.63) is 47.5 Å². The molecule has 0 saturated heterocycles. The largest absolute Gasteiger partial charge is 0.350 e. The fraction of sp³-hybridized carbons (Fsp3) is 0.389. The summed E-state index contributed by atoms with van der Waals surface area (Å²) in [5.41, 5.74) is 1.24. The van der Waals surface area contributed by atoms with Gasteiger partial charge >= 0.3 is 0 Å². The highest BCUT2D eigenvalue weighted by atomic mass is 19.1. The lowest BCUT2D eigenvalue weighted by Gasteiger charge is -2.23. The monoisotopic (exact) mass is 346 g/mol. The van der Waals surface area contributed by atoms with Crippen LogP contribution in [0.15, 0.2) is 30.5 Å². The van der Waals surface area contributed by atoms with Crippen molar-refractivity contribution in [3.63, 3.8) is 0 Å². The zero-order chi connectivity index (χ0) is 18.8. The average molecular weight is 346 g/mol. The van der Waals surface area contributed by atoms with Gasteiger partial charge in [-0.15, -0.1) is 0 Å². The lowest BCUT2D eigenvalue weighted by atomic mass is 10.1. The van der Waals surface area contributed by atoms with E-state index >= 15 is 0 Å². The smallest absolute Gasteiger partial charge is 0.255 e. The molecule has 134 valence electrons. The predicted octanol–water partition coefficient (Wildman–Crippen LogP) is 2.35. The molecule has 1 atom stereocenters. The molecule has 0 spiro atoms. The summed E-state index contributed by atoms with van der Waals surface area (Å²) < 4.78 is 14.6. The summed E-state index contributed by atoms with van der Waals surface area (Å²) in [6, 6.07) is 5.14. The molecule has 25 heavy (non-hydrogen) atoms. The van der Waals surface area contributed by atoms with E-state index in [1.165, 1.54) is 18.3 Å². The third-order valence-corrected chi connectivity index (χ3v) is 3.56. The molecular weight excluding hydrogens is 323 g/mol. The van der Waals surface area contributed by atoms with Gasteiger partial charge in [0.15, 0.2) is 0 Å². The highest BCUT2D eigenvalue weighted by Crippen LogP contribution is 2.15. The molecule has 1 aromatic heterocycles. The Labute approximate surface area is 146 Å². The van der Waals surface area contributed by atoms with Crippen molar-refractivity contribution in [2.75, 3.05) is 0 Å². The van der Waals surface area contributed by atoms with E-state index in [-0.39, 0.29) is 23.2 Å². The van der Waals surface area contributed by atoms with E-state index < -0.39 is 6.04 Å². The van der Waals surface area contributed by atoms with Crippen LogP contribution >= 0.6 is 0 Å². The Kier molecular flexibility index (Phi) is 5.25. The van der Waals surface area contributed by atoms with Gasteiger partial charge in [-0.1, -0.05) is 0 Å². The third kappa shape index (κ3) is 4.65. The number of rotatable bonds is 4. The fourth-order valence-corrected chi connectivity index (χ4v) is 2.29. The summed E-state index contributed by atoms with van der Waals surface area (Å²) >= 11 is 0. The Bertz CT molecular complexity index is 775. The SMILES string of the molecule is Cc1c(C(=O)N[C@H](C)C(=O)NC(C)(C)C)cnn1-c1ccc(F)cc1. The van der Waals surface area contributed by atoms with Crippen LogP contribution < -0.4 is 10.6 Å². The van der Waals surface area contributed by atoms with Crippen LogP contribution in [0.25, 0.3) is 5.69 Å². The number of halogens is 1. The van der Waals surface area contributed by atoms with E-state index in [4.69, 9.17) is 0 Å². The number of nitrogens with zero attached hydrogens (tertiary/aromatic N) is 2. The van der Waals surface area contributed by atoms with Crippen molar-refractivity contribution in [1.82, 2.24) is 20.4 Å². The highest BCUT2D eigenvalue weighted by molar-refractivity contribution is 5.98. The summed E-state index contributed by atoms with van der Waals surface area (Å²) in [6.45, 7) is 8.98. The summed E-state index contributed by atoms with van der Waals surface area (Å²) in [4.78, 5) is 24.5. The second kappa shape index (κ2) is 7.04. The van der Waals surface area contributed by atoms with E-state index in [1.807, 2.05) is 20.8 Å². The first-order valence-electron chi connectivity index (χ1n) is 8.02. The van der Waals surface area contributed by atoms with Gasteiger partial charge in [0.1, 0.15) is 11.9 Å². The Balaban J connectivity index is 2.13. The van der Waals surface area contributed by atoms with Crippen molar-refractivity contribution in [3.8, 4) is 5.69 Å². The van der Waals surface area contributed by atoms with Gasteiger partial charge in [-0.2, -0.15) is 5.10 Å². The molecule has 0 aliphatic rings. The number of hydrogen-bond acceptors (Lipinski definition) is 3. The van der Waals surface area contributed by atoms with Gasteiger partial charge in [0.25, 0.3) is 5.91 Å². The third-order valence-electron chi connectivity index (χ3n) is 3.56. The van der Waals surface area contributed by atoms with Gasteiger partial charge in [-0.25, -0.2) is 9.07 Å². The maximum Gasteiger partial charge on any atom is 0.255 e. The Hall–Kier alpha value is -2.70. The van der Waals surface area contributed by atoms with Gasteiger partial charge in [0.2, 0.25) is 5.91 Å². The highest BCUT2D eigenvalue weighted by Gasteiger charge is 2.23. The molecule has 7 heteroatoms. The molecule has 0 radical (unpaired) electrons. The standard InChI is InChI=1S/C18H23FN4O2/c1-11(16(24)22-18(3,4)5)21-17(25)15-10-20-23(12(15)2)14-8-6-13(19)7-9-14/h6-11H,1-5H3,(H,21,25)(H,22,24)/t11-/m1/s1. The van der Waals surface area contributed by atoms with E-state index in [2.05, 4.69) is 15.7 Å². The molecule has 2 N–H and O–H groups in total. The summed E-state index contributed by atoms with van der Waals surface area (Å²) in [7, 11) is 0. The number of carbonyl (C=O) groups is 2. The van der Waals surface area contributed by atoms with Crippen LogP contribution in [0.3, 0.4) is 0 Å². The summed E-state index contributed by atoms with van der Waals surface area (Å²) in [5, 5.41) is 9.67. The van der Waals surface area contributed by atoms with E-state index in [1.54, 1.807) is 30.7 Å². The van der Waals surface area contributed by atoms with Crippen LogP contribution in [-0.2, 0) is 4.79 Å². The molecule has 1 heterocycles. The Morgan fingerprint density at radius 2 is 1.80 bits per heavy atom. The lowest BCUT2D eigenvalue weighted by molar-refractivity contribution is -0.124. The normalized spacial score (nSPS) is 12.6. The second-order valence-electron chi connectivity index (χ2n) is 6.97. The average Bonchev–Trinajstić information content (AvgIpc) is 2.88. The lowest BCUT2D eigenvalue weighted by Crippen LogP contribution is -2.50. The quantitative estimate of drug-likeness (QED) is 0.892. The Morgan fingerprint density at radius 3 is 2.36 bits per heavy atom. The van der Waals surface area contributed by atoms with E-state index in [0.29, 0.717) is 16.9 Å². The van der Waals surface area contributed by atoms with Crippen molar-refractivity contribution in [2.24, 2.45) is 0 Å². The van der Waals surface area contributed by atoms with Crippen LogP contribution in [0.5, 0.6) is 0 Å². The molecule has 1 aromatic carbocycles. The van der Waals surface area contributed by atoms with Gasteiger partial charge in [0.05, 0.1) is 23.1 Å². The first-order valence-corrected chi connectivity index (χ1v) is 8.02. The molecule has 2 amide bonds. The first-order chi connectivity index (χ1) is 11.6. The Morgan fingerprint density at radius 1 is 1.20 bits per heavy atom. The summed E-state index contributed by atoms with van der Waals surface area (Å²) in [6.07, 6.45) is 1.43. The number of benzene rings is 1. The van der Waals surface area contributed by atoms with Crippen molar-refractivity contribution < 1.29 is 14.0 Å². The molecule has 2 rings (SSSR count). The number of hydrogen-bond donors (Lipinski definition) is 2. The number of carbonyl (C=O) groups excluding carboxylic acids is 2. The molecule has 0 saturated carbocycles. The second-order valence-corrected chi connectivity index (χ2v) is 6.97. The van der Waals surface area contributed by atoms with Crippen LogP contribution in [0, 0.1) is 12.7 Å². The molecule has 2 aromatic rings. The minimum atomic E-state index is -0.680. The maximum absolute atomic E-state index is 13.0. The predicted molar refractivity (Wildman–Crippen MR) is 93.1 cm³/mol. The van der Waals surface area contributed by atoms with Crippen LogP contribution in [0.4, 0.5) is 4.39 Å². The first kappa shape index (κ1) is 18.6. The van der Waals surface area contributed by atoms with Gasteiger partial charge in [-0.05, 0) is 58.9 Å². The van der Waals surface area contributed by atoms with E-state index in [0.717, 1.165) is 0 Å². The zero-order valence-electron chi connectivity index (χ0n) is 15.1. The molecule has 6 nitrogen and oxygen atoms in total. The van der Waals surface area contributed by atoms with Crippen LogP contribution in [0.2, 0.25) is 0 Å². The van der Waals surface area contributed by atoms with Crippen molar-refractivity contribution >= 4 is 11.8 Å². The van der Waals surface area contributed by atoms with Gasteiger partial charge in [-0.3, -0.25) is 9.59 Å². The molecular formula is C18H23FN4O2. The maximum atomic E-state index is 13.0. The molecule has 0 aliphatic heterocycles. The van der Waals surface area contributed by atoms with Crippen molar-refractivity contribution in [1.29, 1.82) is 0 Å².